The molecule has 0 bridgehead atoms. The van der Waals surface area contributed by atoms with Crippen LogP contribution in [0.1, 0.15) is 29.6 Å². The van der Waals surface area contributed by atoms with Crippen LogP contribution in [0.25, 0.3) is 0 Å². The van der Waals surface area contributed by atoms with Gasteiger partial charge in [-0.15, -0.1) is 11.3 Å². The topological polar surface area (TPSA) is 74.3 Å². The van der Waals surface area contributed by atoms with E-state index in [0.29, 0.717) is 6.54 Å². The van der Waals surface area contributed by atoms with Gasteiger partial charge in [-0.3, -0.25) is 9.59 Å². The van der Waals surface area contributed by atoms with Crippen molar-refractivity contribution in [3.63, 3.8) is 0 Å². The van der Waals surface area contributed by atoms with E-state index in [0.717, 1.165) is 39.7 Å². The number of hydrogen-bond donors (Lipinski definition) is 2. The first-order valence-corrected chi connectivity index (χ1v) is 10.9. The van der Waals surface area contributed by atoms with Gasteiger partial charge < -0.3 is 15.5 Å². The van der Waals surface area contributed by atoms with E-state index in [9.17, 15) is 9.59 Å². The molecule has 2 amide bonds. The number of thiazole rings is 1. The van der Waals surface area contributed by atoms with Gasteiger partial charge in [0.25, 0.3) is 0 Å². The summed E-state index contributed by atoms with van der Waals surface area (Å²) in [6.45, 7) is 4.49. The first kappa shape index (κ1) is 20.1. The number of anilines is 3. The zero-order chi connectivity index (χ0) is 21.1. The summed E-state index contributed by atoms with van der Waals surface area (Å²) in [6.07, 6.45) is 0.934. The first-order valence-electron chi connectivity index (χ1n) is 10.0. The second-order valence-electron chi connectivity index (χ2n) is 7.30. The number of nitrogens with zero attached hydrogens (tertiary/aromatic N) is 2. The zero-order valence-corrected chi connectivity index (χ0v) is 17.8. The molecule has 4 rings (SSSR count). The van der Waals surface area contributed by atoms with Crippen molar-refractivity contribution in [3.05, 3.63) is 70.2 Å². The quantitative estimate of drug-likeness (QED) is 0.621. The van der Waals surface area contributed by atoms with Crippen LogP contribution in [0, 0.1) is 6.92 Å². The smallest absolute Gasteiger partial charge is 0.247 e. The third-order valence-corrected chi connectivity index (χ3v) is 6.22. The number of carbonyl (C=O) groups is 2. The Bertz CT molecular complexity index is 1080. The van der Waals surface area contributed by atoms with E-state index >= 15 is 0 Å². The van der Waals surface area contributed by atoms with Gasteiger partial charge >= 0.3 is 0 Å². The molecule has 2 aromatic carbocycles. The van der Waals surface area contributed by atoms with E-state index in [2.05, 4.69) is 22.5 Å². The van der Waals surface area contributed by atoms with Crippen molar-refractivity contribution in [2.75, 3.05) is 15.5 Å². The molecule has 3 aromatic rings. The Hall–Kier alpha value is -3.19. The van der Waals surface area contributed by atoms with Gasteiger partial charge in [0.15, 0.2) is 0 Å². The number of fused-ring (bicyclic) bond motifs is 1. The van der Waals surface area contributed by atoms with Gasteiger partial charge in [-0.2, -0.15) is 0 Å². The molecule has 0 unspecified atom stereocenters. The molecule has 6 nitrogen and oxygen atoms in total. The van der Waals surface area contributed by atoms with Crippen LogP contribution >= 0.6 is 11.3 Å². The molecule has 1 atom stereocenters. The Balaban J connectivity index is 1.59. The molecule has 7 heteroatoms. The van der Waals surface area contributed by atoms with Crippen LogP contribution in [0.2, 0.25) is 0 Å². The largest absolute Gasteiger partial charge is 0.351 e. The minimum atomic E-state index is -0.615. The molecule has 0 radical (unpaired) electrons. The van der Waals surface area contributed by atoms with Gasteiger partial charge in [-0.05, 0) is 37.1 Å². The fourth-order valence-electron chi connectivity index (χ4n) is 3.60. The fourth-order valence-corrected chi connectivity index (χ4v) is 4.34. The van der Waals surface area contributed by atoms with E-state index in [4.69, 9.17) is 0 Å². The van der Waals surface area contributed by atoms with Crippen LogP contribution in [0.3, 0.4) is 0 Å². The van der Waals surface area contributed by atoms with Gasteiger partial charge in [0.2, 0.25) is 11.8 Å². The monoisotopic (exact) mass is 420 g/mol. The second-order valence-corrected chi connectivity index (χ2v) is 8.25. The Morgan fingerprint density at radius 1 is 1.20 bits per heavy atom. The molecule has 0 aliphatic carbocycles. The summed E-state index contributed by atoms with van der Waals surface area (Å²) in [7, 11) is 0. The summed E-state index contributed by atoms with van der Waals surface area (Å²) < 4.78 is 0. The molecule has 154 valence electrons. The number of rotatable bonds is 6. The summed E-state index contributed by atoms with van der Waals surface area (Å²) >= 11 is 1.62. The van der Waals surface area contributed by atoms with Crippen LogP contribution < -0.4 is 15.5 Å². The number of amides is 2. The molecular weight excluding hydrogens is 396 g/mol. The molecule has 0 fully saturated rings. The van der Waals surface area contributed by atoms with Gasteiger partial charge in [-0.1, -0.05) is 37.3 Å². The number of carbonyl (C=O) groups excluding carboxylic acids is 2. The average Bonchev–Trinajstić information content (AvgIpc) is 3.20. The highest BCUT2D eigenvalue weighted by molar-refractivity contribution is 7.09. The highest BCUT2D eigenvalue weighted by atomic mass is 32.1. The number of hydrogen-bond acceptors (Lipinski definition) is 5. The molecular formula is C23H24N4O2S. The van der Waals surface area contributed by atoms with Gasteiger partial charge in [-0.25, -0.2) is 4.98 Å². The van der Waals surface area contributed by atoms with Gasteiger partial charge in [0.1, 0.15) is 6.04 Å². The minimum absolute atomic E-state index is 0.0548. The lowest BCUT2D eigenvalue weighted by molar-refractivity contribution is -0.122. The van der Waals surface area contributed by atoms with E-state index in [-0.39, 0.29) is 18.2 Å². The van der Waals surface area contributed by atoms with Crippen LogP contribution in [0.4, 0.5) is 17.1 Å². The number of aromatic nitrogens is 1. The molecule has 0 saturated carbocycles. The van der Waals surface area contributed by atoms with Crippen molar-refractivity contribution in [2.45, 2.75) is 39.3 Å². The molecule has 0 spiro atoms. The van der Waals surface area contributed by atoms with Crippen molar-refractivity contribution in [1.29, 1.82) is 0 Å². The standard InChI is InChI=1S/C23H24N4O2S/c1-3-22-24-16(14-30-22)13-27-19-11-7-6-10-18(19)26-23(29)20(27)12-21(28)25-17-9-5-4-8-15(17)2/h4-11,14,20H,3,12-13H2,1-2H3,(H,25,28)(H,26,29)/t20-/m0/s1. The zero-order valence-electron chi connectivity index (χ0n) is 17.0. The summed E-state index contributed by atoms with van der Waals surface area (Å²) in [5, 5.41) is 8.97. The molecule has 2 N–H and O–H groups in total. The minimum Gasteiger partial charge on any atom is -0.351 e. The normalized spacial score (nSPS) is 15.5. The maximum atomic E-state index is 12.9. The van der Waals surface area contributed by atoms with Crippen LogP contribution in [-0.4, -0.2) is 22.8 Å². The van der Waals surface area contributed by atoms with Crippen LogP contribution in [0.15, 0.2) is 53.9 Å². The predicted molar refractivity (Wildman–Crippen MR) is 121 cm³/mol. The summed E-state index contributed by atoms with van der Waals surface area (Å²) in [4.78, 5) is 32.4. The summed E-state index contributed by atoms with van der Waals surface area (Å²) in [5.74, 6) is -0.374. The van der Waals surface area contributed by atoms with E-state index in [1.165, 1.54) is 0 Å². The van der Waals surface area contributed by atoms with Crippen LogP contribution in [0.5, 0.6) is 0 Å². The first-order chi connectivity index (χ1) is 14.5. The number of benzene rings is 2. The van der Waals surface area contributed by atoms with Crippen molar-refractivity contribution >= 4 is 40.2 Å². The number of nitrogens with one attached hydrogen (secondary N) is 2. The Morgan fingerprint density at radius 2 is 1.97 bits per heavy atom. The average molecular weight is 421 g/mol. The third kappa shape index (κ3) is 4.21. The van der Waals surface area contributed by atoms with Crippen molar-refractivity contribution < 1.29 is 9.59 Å². The number of para-hydroxylation sites is 3. The fraction of sp³-hybridized carbons (Fsp3) is 0.261. The summed E-state index contributed by atoms with van der Waals surface area (Å²) in [5.41, 5.74) is 4.31. The van der Waals surface area contributed by atoms with Crippen molar-refractivity contribution in [1.82, 2.24) is 4.98 Å². The van der Waals surface area contributed by atoms with Crippen molar-refractivity contribution in [2.24, 2.45) is 0 Å². The highest BCUT2D eigenvalue weighted by Gasteiger charge is 2.34. The summed E-state index contributed by atoms with van der Waals surface area (Å²) in [6, 6.07) is 14.7. The maximum absolute atomic E-state index is 12.9. The molecule has 1 aliphatic heterocycles. The molecule has 2 heterocycles. The van der Waals surface area contributed by atoms with E-state index < -0.39 is 6.04 Å². The Kier molecular flexibility index (Phi) is 5.81. The molecule has 30 heavy (non-hydrogen) atoms. The lowest BCUT2D eigenvalue weighted by atomic mass is 10.0. The van der Waals surface area contributed by atoms with Gasteiger partial charge in [0, 0.05) is 11.1 Å². The van der Waals surface area contributed by atoms with E-state index in [1.54, 1.807) is 11.3 Å². The third-order valence-electron chi connectivity index (χ3n) is 5.18. The van der Waals surface area contributed by atoms with Crippen molar-refractivity contribution in [3.8, 4) is 0 Å². The molecule has 1 aliphatic rings. The SMILES string of the molecule is CCc1nc(CN2c3ccccc3NC(=O)[C@@H]2CC(=O)Nc2ccccc2C)cs1. The second kappa shape index (κ2) is 8.67. The number of aryl methyl sites for hydroxylation is 2. The Labute approximate surface area is 180 Å². The lowest BCUT2D eigenvalue weighted by Crippen LogP contribution is -2.49. The van der Waals surface area contributed by atoms with Crippen LogP contribution in [-0.2, 0) is 22.6 Å². The van der Waals surface area contributed by atoms with E-state index in [1.807, 2.05) is 65.7 Å². The molecule has 0 saturated heterocycles. The maximum Gasteiger partial charge on any atom is 0.247 e. The van der Waals surface area contributed by atoms with Gasteiger partial charge in [0.05, 0.1) is 35.0 Å². The predicted octanol–water partition coefficient (Wildman–Crippen LogP) is 4.37. The Morgan fingerprint density at radius 3 is 2.73 bits per heavy atom. The highest BCUT2D eigenvalue weighted by Crippen LogP contribution is 2.34. The molecule has 1 aromatic heterocycles. The lowest BCUT2D eigenvalue weighted by Gasteiger charge is -2.37.